The summed E-state index contributed by atoms with van der Waals surface area (Å²) in [6.07, 6.45) is 1.76. The van der Waals surface area contributed by atoms with Crippen LogP contribution in [0.15, 0.2) is 59.6 Å². The molecular weight excluding hydrogens is 375 g/mol. The molecule has 0 saturated carbocycles. The van der Waals surface area contributed by atoms with E-state index in [4.69, 9.17) is 23.2 Å². The fourth-order valence-electron chi connectivity index (χ4n) is 2.49. The highest BCUT2D eigenvalue weighted by atomic mass is 35.5. The van der Waals surface area contributed by atoms with Gasteiger partial charge in [0.15, 0.2) is 0 Å². The van der Waals surface area contributed by atoms with Gasteiger partial charge in [0, 0.05) is 16.5 Å². The lowest BCUT2D eigenvalue weighted by atomic mass is 10.1. The molecule has 3 nitrogen and oxygen atoms in total. The number of thioether (sulfide) groups is 1. The summed E-state index contributed by atoms with van der Waals surface area (Å²) in [5.74, 6) is 0.295. The second-order valence-corrected chi connectivity index (χ2v) is 7.41. The van der Waals surface area contributed by atoms with Gasteiger partial charge >= 0.3 is 0 Å². The third-order valence-electron chi connectivity index (χ3n) is 3.79. The van der Waals surface area contributed by atoms with Crippen LogP contribution in [-0.2, 0) is 4.79 Å². The highest BCUT2D eigenvalue weighted by Gasteiger charge is 2.12. The number of pyridine rings is 1. The molecule has 1 heterocycles. The van der Waals surface area contributed by atoms with Crippen molar-refractivity contribution in [2.24, 2.45) is 0 Å². The van der Waals surface area contributed by atoms with E-state index in [1.807, 2.05) is 43.3 Å². The van der Waals surface area contributed by atoms with Crippen molar-refractivity contribution in [3.05, 3.63) is 70.3 Å². The molecule has 3 rings (SSSR count). The van der Waals surface area contributed by atoms with Gasteiger partial charge < -0.3 is 5.32 Å². The number of fused-ring (bicyclic) bond motifs is 1. The van der Waals surface area contributed by atoms with Gasteiger partial charge in [-0.05, 0) is 36.8 Å². The molecule has 1 unspecified atom stereocenters. The van der Waals surface area contributed by atoms with Crippen LogP contribution in [0.1, 0.15) is 18.5 Å². The van der Waals surface area contributed by atoms with Crippen molar-refractivity contribution in [3.63, 3.8) is 0 Å². The van der Waals surface area contributed by atoms with Crippen molar-refractivity contribution in [2.75, 3.05) is 5.75 Å². The number of aromatic nitrogens is 1. The SMILES string of the molecule is CC(NC(=O)CSc1ccnc2ccccc12)c1ccc(Cl)c(Cl)c1. The fourth-order valence-corrected chi connectivity index (χ4v) is 3.65. The molecule has 6 heteroatoms. The summed E-state index contributed by atoms with van der Waals surface area (Å²) >= 11 is 13.5. The second kappa shape index (κ2) is 8.09. The maximum absolute atomic E-state index is 12.3. The van der Waals surface area contributed by atoms with E-state index in [-0.39, 0.29) is 11.9 Å². The fraction of sp³-hybridized carbons (Fsp3) is 0.158. The quantitative estimate of drug-likeness (QED) is 0.583. The number of hydrogen-bond acceptors (Lipinski definition) is 3. The Kier molecular flexibility index (Phi) is 5.84. The van der Waals surface area contributed by atoms with Gasteiger partial charge in [0.05, 0.1) is 27.4 Å². The van der Waals surface area contributed by atoms with Crippen LogP contribution in [0, 0.1) is 0 Å². The highest BCUT2D eigenvalue weighted by molar-refractivity contribution is 8.00. The number of rotatable bonds is 5. The molecule has 0 radical (unpaired) electrons. The number of nitrogens with zero attached hydrogens (tertiary/aromatic N) is 1. The van der Waals surface area contributed by atoms with Crippen LogP contribution < -0.4 is 5.32 Å². The van der Waals surface area contributed by atoms with E-state index < -0.39 is 0 Å². The van der Waals surface area contributed by atoms with E-state index in [0.717, 1.165) is 21.4 Å². The van der Waals surface area contributed by atoms with Crippen LogP contribution in [0.3, 0.4) is 0 Å². The summed E-state index contributed by atoms with van der Waals surface area (Å²) in [4.78, 5) is 17.7. The monoisotopic (exact) mass is 390 g/mol. The Bertz CT molecular complexity index is 912. The Labute approximate surface area is 160 Å². The summed E-state index contributed by atoms with van der Waals surface area (Å²) < 4.78 is 0. The van der Waals surface area contributed by atoms with Gasteiger partial charge in [0.1, 0.15) is 0 Å². The molecule has 1 amide bonds. The van der Waals surface area contributed by atoms with E-state index in [2.05, 4.69) is 10.3 Å². The van der Waals surface area contributed by atoms with Gasteiger partial charge in [-0.25, -0.2) is 0 Å². The summed E-state index contributed by atoms with van der Waals surface area (Å²) in [6.45, 7) is 1.92. The first-order valence-electron chi connectivity index (χ1n) is 7.75. The van der Waals surface area contributed by atoms with Crippen LogP contribution in [-0.4, -0.2) is 16.6 Å². The zero-order valence-electron chi connectivity index (χ0n) is 13.5. The van der Waals surface area contributed by atoms with E-state index >= 15 is 0 Å². The Hall–Kier alpha value is -1.75. The lowest BCUT2D eigenvalue weighted by molar-refractivity contribution is -0.119. The molecule has 1 atom stereocenters. The van der Waals surface area contributed by atoms with Crippen LogP contribution in [0.25, 0.3) is 10.9 Å². The maximum atomic E-state index is 12.3. The van der Waals surface area contributed by atoms with Gasteiger partial charge in [-0.15, -0.1) is 11.8 Å². The van der Waals surface area contributed by atoms with E-state index in [1.165, 1.54) is 11.8 Å². The topological polar surface area (TPSA) is 42.0 Å². The lowest BCUT2D eigenvalue weighted by Crippen LogP contribution is -2.28. The molecule has 0 aliphatic heterocycles. The van der Waals surface area contributed by atoms with Crippen LogP contribution >= 0.6 is 35.0 Å². The first kappa shape index (κ1) is 18.1. The molecule has 128 valence electrons. The number of para-hydroxylation sites is 1. The minimum atomic E-state index is -0.142. The summed E-state index contributed by atoms with van der Waals surface area (Å²) in [6, 6.07) is 15.1. The standard InChI is InChI=1S/C19H16Cl2N2OS/c1-12(13-6-7-15(20)16(21)10-13)23-19(24)11-25-18-8-9-22-17-5-3-2-4-14(17)18/h2-10,12H,11H2,1H3,(H,23,24). The summed E-state index contributed by atoms with van der Waals surface area (Å²) in [5, 5.41) is 5.03. The first-order chi connectivity index (χ1) is 12.0. The van der Waals surface area contributed by atoms with Crippen LogP contribution in [0.4, 0.5) is 0 Å². The smallest absolute Gasteiger partial charge is 0.230 e. The summed E-state index contributed by atoms with van der Waals surface area (Å²) in [5.41, 5.74) is 1.85. The molecule has 0 aliphatic carbocycles. The number of carbonyl (C=O) groups excluding carboxylic acids is 1. The van der Waals surface area contributed by atoms with Gasteiger partial charge in [-0.2, -0.15) is 0 Å². The normalized spacial score (nSPS) is 12.1. The van der Waals surface area contributed by atoms with Crippen LogP contribution in [0.2, 0.25) is 10.0 Å². The van der Waals surface area contributed by atoms with Crippen molar-refractivity contribution in [3.8, 4) is 0 Å². The van der Waals surface area contributed by atoms with Crippen molar-refractivity contribution in [2.45, 2.75) is 17.9 Å². The largest absolute Gasteiger partial charge is 0.349 e. The van der Waals surface area contributed by atoms with Gasteiger partial charge in [0.2, 0.25) is 5.91 Å². The third-order valence-corrected chi connectivity index (χ3v) is 5.60. The van der Waals surface area contributed by atoms with Crippen LogP contribution in [0.5, 0.6) is 0 Å². The Morgan fingerprint density at radius 2 is 1.96 bits per heavy atom. The number of benzene rings is 2. The van der Waals surface area contributed by atoms with Gasteiger partial charge in [-0.1, -0.05) is 47.5 Å². The predicted octanol–water partition coefficient (Wildman–Crippen LogP) is 5.51. The second-order valence-electron chi connectivity index (χ2n) is 5.58. The van der Waals surface area contributed by atoms with Gasteiger partial charge in [0.25, 0.3) is 0 Å². The minimum absolute atomic E-state index is 0.0375. The predicted molar refractivity (Wildman–Crippen MR) is 105 cm³/mol. The molecule has 0 fully saturated rings. The Morgan fingerprint density at radius 1 is 1.16 bits per heavy atom. The number of halogens is 2. The van der Waals surface area contributed by atoms with Crippen molar-refractivity contribution >= 4 is 51.8 Å². The van der Waals surface area contributed by atoms with Crippen molar-refractivity contribution in [1.29, 1.82) is 0 Å². The summed E-state index contributed by atoms with van der Waals surface area (Å²) in [7, 11) is 0. The molecule has 0 spiro atoms. The number of carbonyl (C=O) groups is 1. The number of hydrogen-bond donors (Lipinski definition) is 1. The zero-order chi connectivity index (χ0) is 17.8. The molecule has 0 aliphatic rings. The minimum Gasteiger partial charge on any atom is -0.349 e. The van der Waals surface area contributed by atoms with Crippen molar-refractivity contribution < 1.29 is 4.79 Å². The molecule has 3 aromatic rings. The Balaban J connectivity index is 1.63. The number of nitrogens with one attached hydrogen (secondary N) is 1. The lowest BCUT2D eigenvalue weighted by Gasteiger charge is -2.15. The van der Waals surface area contributed by atoms with E-state index in [1.54, 1.807) is 18.3 Å². The highest BCUT2D eigenvalue weighted by Crippen LogP contribution is 2.27. The first-order valence-corrected chi connectivity index (χ1v) is 9.49. The average Bonchev–Trinajstić information content (AvgIpc) is 2.62. The van der Waals surface area contributed by atoms with E-state index in [0.29, 0.717) is 15.8 Å². The van der Waals surface area contributed by atoms with Crippen molar-refractivity contribution in [1.82, 2.24) is 10.3 Å². The molecule has 25 heavy (non-hydrogen) atoms. The molecule has 0 saturated heterocycles. The average molecular weight is 391 g/mol. The Morgan fingerprint density at radius 3 is 2.76 bits per heavy atom. The molecule has 1 aromatic heterocycles. The molecular formula is C19H16Cl2N2OS. The van der Waals surface area contributed by atoms with E-state index in [9.17, 15) is 4.79 Å². The van der Waals surface area contributed by atoms with Gasteiger partial charge in [-0.3, -0.25) is 9.78 Å². The molecule has 0 bridgehead atoms. The maximum Gasteiger partial charge on any atom is 0.230 e. The molecule has 1 N–H and O–H groups in total. The third kappa shape index (κ3) is 4.46. The molecule has 2 aromatic carbocycles. The zero-order valence-corrected chi connectivity index (χ0v) is 15.8. The number of amides is 1.